The number of rotatable bonds is 6. The number of amides is 2. The van der Waals surface area contributed by atoms with Crippen LogP contribution in [0.3, 0.4) is 0 Å². The van der Waals surface area contributed by atoms with Crippen molar-refractivity contribution in [3.05, 3.63) is 50.9 Å². The van der Waals surface area contributed by atoms with Crippen LogP contribution in [-0.4, -0.2) is 30.4 Å². The molecule has 1 aliphatic carbocycles. The van der Waals surface area contributed by atoms with Crippen LogP contribution < -0.4 is 10.6 Å². The molecule has 1 fully saturated rings. The van der Waals surface area contributed by atoms with Gasteiger partial charge in [0.05, 0.1) is 27.6 Å². The summed E-state index contributed by atoms with van der Waals surface area (Å²) in [7, 11) is 0. The lowest BCUT2D eigenvalue weighted by molar-refractivity contribution is 0.0527. The Kier molecular flexibility index (Phi) is 6.92. The molecule has 0 spiro atoms. The van der Waals surface area contributed by atoms with Gasteiger partial charge in [0.25, 0.3) is 11.8 Å². The van der Waals surface area contributed by atoms with E-state index in [9.17, 15) is 14.4 Å². The fraction of sp³-hybridized carbons (Fsp3) is 0.381. The molecule has 0 unspecified atom stereocenters. The molecule has 29 heavy (non-hydrogen) atoms. The third-order valence-corrected chi connectivity index (χ3v) is 6.40. The Bertz CT molecular complexity index is 935. The molecule has 1 aliphatic rings. The standard InChI is InChI=1S/C21H23ClN2O4S/c1-3-28-21(27)16-12(2)17(19(26)23-13-8-4-5-9-13)29-20(16)24-18(25)14-10-6-7-11-15(14)22/h6-7,10-11,13H,3-5,8-9H2,1-2H3,(H,23,26)(H,24,25). The van der Waals surface area contributed by atoms with E-state index in [1.165, 1.54) is 0 Å². The van der Waals surface area contributed by atoms with Crippen molar-refractivity contribution >= 4 is 45.7 Å². The van der Waals surface area contributed by atoms with Gasteiger partial charge in [-0.05, 0) is 44.4 Å². The fourth-order valence-electron chi connectivity index (χ4n) is 3.40. The highest BCUT2D eigenvalue weighted by Gasteiger charge is 2.28. The number of nitrogens with one attached hydrogen (secondary N) is 2. The molecule has 3 rings (SSSR count). The van der Waals surface area contributed by atoms with Crippen LogP contribution >= 0.6 is 22.9 Å². The Balaban J connectivity index is 1.91. The van der Waals surface area contributed by atoms with Crippen LogP contribution in [0.5, 0.6) is 0 Å². The van der Waals surface area contributed by atoms with Crippen LogP contribution in [0.25, 0.3) is 0 Å². The average molecular weight is 435 g/mol. The summed E-state index contributed by atoms with van der Waals surface area (Å²) in [5.74, 6) is -1.26. The van der Waals surface area contributed by atoms with Gasteiger partial charge < -0.3 is 15.4 Å². The number of benzene rings is 1. The third kappa shape index (κ3) is 4.79. The van der Waals surface area contributed by atoms with Crippen molar-refractivity contribution in [2.45, 2.75) is 45.6 Å². The van der Waals surface area contributed by atoms with Gasteiger partial charge >= 0.3 is 5.97 Å². The number of thiophene rings is 1. The van der Waals surface area contributed by atoms with Gasteiger partial charge in [0.15, 0.2) is 0 Å². The molecule has 0 bridgehead atoms. The minimum absolute atomic E-state index is 0.149. The maximum absolute atomic E-state index is 12.8. The van der Waals surface area contributed by atoms with Crippen LogP contribution in [0.4, 0.5) is 5.00 Å². The second kappa shape index (κ2) is 9.41. The number of hydrogen-bond donors (Lipinski definition) is 2. The van der Waals surface area contributed by atoms with Crippen molar-refractivity contribution in [2.75, 3.05) is 11.9 Å². The zero-order valence-corrected chi connectivity index (χ0v) is 17.9. The van der Waals surface area contributed by atoms with Crippen LogP contribution in [0, 0.1) is 6.92 Å². The molecule has 0 saturated heterocycles. The summed E-state index contributed by atoms with van der Waals surface area (Å²) < 4.78 is 5.15. The van der Waals surface area contributed by atoms with E-state index in [2.05, 4.69) is 10.6 Å². The highest BCUT2D eigenvalue weighted by Crippen LogP contribution is 2.35. The quantitative estimate of drug-likeness (QED) is 0.639. The molecule has 0 atom stereocenters. The number of ether oxygens (including phenoxy) is 1. The molecule has 2 N–H and O–H groups in total. The molecular weight excluding hydrogens is 412 g/mol. The highest BCUT2D eigenvalue weighted by molar-refractivity contribution is 7.18. The summed E-state index contributed by atoms with van der Waals surface area (Å²) >= 11 is 7.18. The summed E-state index contributed by atoms with van der Waals surface area (Å²) in [6, 6.07) is 6.78. The van der Waals surface area contributed by atoms with Crippen LogP contribution in [0.15, 0.2) is 24.3 Å². The zero-order chi connectivity index (χ0) is 21.0. The number of esters is 1. The molecule has 1 saturated carbocycles. The first-order chi connectivity index (χ1) is 13.9. The van der Waals surface area contributed by atoms with Crippen LogP contribution in [0.1, 0.15) is 68.6 Å². The first-order valence-electron chi connectivity index (χ1n) is 9.59. The Morgan fingerprint density at radius 2 is 1.86 bits per heavy atom. The predicted octanol–water partition coefficient (Wildman–Crippen LogP) is 4.81. The summed E-state index contributed by atoms with van der Waals surface area (Å²) in [6.45, 7) is 3.59. The molecule has 0 aliphatic heterocycles. The molecule has 2 amide bonds. The Hall–Kier alpha value is -2.38. The highest BCUT2D eigenvalue weighted by atomic mass is 35.5. The molecule has 2 aromatic rings. The molecule has 154 valence electrons. The maximum atomic E-state index is 12.8. The number of carbonyl (C=O) groups is 3. The predicted molar refractivity (Wildman–Crippen MR) is 114 cm³/mol. The molecular formula is C21H23ClN2O4S. The van der Waals surface area contributed by atoms with E-state index >= 15 is 0 Å². The Morgan fingerprint density at radius 1 is 1.17 bits per heavy atom. The van der Waals surface area contributed by atoms with Gasteiger partial charge in [-0.25, -0.2) is 4.79 Å². The number of halogens is 1. The molecule has 1 aromatic carbocycles. The molecule has 8 heteroatoms. The molecule has 0 radical (unpaired) electrons. The van der Waals surface area contributed by atoms with E-state index in [1.54, 1.807) is 38.1 Å². The van der Waals surface area contributed by atoms with Gasteiger partial charge in [0.1, 0.15) is 5.00 Å². The second-order valence-electron chi connectivity index (χ2n) is 6.87. The van der Waals surface area contributed by atoms with Gasteiger partial charge in [-0.15, -0.1) is 11.3 Å². The lowest BCUT2D eigenvalue weighted by Gasteiger charge is -2.11. The summed E-state index contributed by atoms with van der Waals surface area (Å²) in [4.78, 5) is 38.4. The van der Waals surface area contributed by atoms with Crippen molar-refractivity contribution in [1.82, 2.24) is 5.32 Å². The molecule has 1 heterocycles. The minimum Gasteiger partial charge on any atom is -0.462 e. The smallest absolute Gasteiger partial charge is 0.341 e. The number of carbonyl (C=O) groups excluding carboxylic acids is 3. The monoisotopic (exact) mass is 434 g/mol. The van der Waals surface area contributed by atoms with Gasteiger partial charge in [0, 0.05) is 6.04 Å². The maximum Gasteiger partial charge on any atom is 0.341 e. The summed E-state index contributed by atoms with van der Waals surface area (Å²) in [5.41, 5.74) is 0.985. The minimum atomic E-state index is -0.573. The van der Waals surface area contributed by atoms with E-state index in [0.29, 0.717) is 15.5 Å². The lowest BCUT2D eigenvalue weighted by atomic mass is 10.1. The van der Waals surface area contributed by atoms with Gasteiger partial charge in [0.2, 0.25) is 0 Å². The van der Waals surface area contributed by atoms with Crippen LogP contribution in [0.2, 0.25) is 5.02 Å². The Labute approximate surface area is 178 Å². The van der Waals surface area contributed by atoms with Gasteiger partial charge in [-0.2, -0.15) is 0 Å². The fourth-order valence-corrected chi connectivity index (χ4v) is 4.72. The third-order valence-electron chi connectivity index (χ3n) is 4.87. The van der Waals surface area contributed by atoms with E-state index in [4.69, 9.17) is 16.3 Å². The average Bonchev–Trinajstić information content (AvgIpc) is 3.30. The van der Waals surface area contributed by atoms with Gasteiger partial charge in [-0.1, -0.05) is 36.6 Å². The largest absolute Gasteiger partial charge is 0.462 e. The zero-order valence-electron chi connectivity index (χ0n) is 16.3. The topological polar surface area (TPSA) is 84.5 Å². The second-order valence-corrected chi connectivity index (χ2v) is 8.30. The van der Waals surface area contributed by atoms with Crippen molar-refractivity contribution in [2.24, 2.45) is 0 Å². The summed E-state index contributed by atoms with van der Waals surface area (Å²) in [6.07, 6.45) is 4.11. The Morgan fingerprint density at radius 3 is 2.52 bits per heavy atom. The SMILES string of the molecule is CCOC(=O)c1c(NC(=O)c2ccccc2Cl)sc(C(=O)NC2CCCC2)c1C. The van der Waals surface area contributed by atoms with E-state index in [0.717, 1.165) is 37.0 Å². The van der Waals surface area contributed by atoms with Crippen molar-refractivity contribution in [3.8, 4) is 0 Å². The normalized spacial score (nSPS) is 13.9. The molecule has 6 nitrogen and oxygen atoms in total. The van der Waals surface area contributed by atoms with E-state index < -0.39 is 11.9 Å². The first-order valence-corrected chi connectivity index (χ1v) is 10.8. The first kappa shape index (κ1) is 21.3. The van der Waals surface area contributed by atoms with Crippen molar-refractivity contribution in [3.63, 3.8) is 0 Å². The van der Waals surface area contributed by atoms with E-state index in [1.807, 2.05) is 0 Å². The van der Waals surface area contributed by atoms with Crippen molar-refractivity contribution in [1.29, 1.82) is 0 Å². The number of anilines is 1. The van der Waals surface area contributed by atoms with Crippen LogP contribution in [-0.2, 0) is 4.74 Å². The van der Waals surface area contributed by atoms with E-state index in [-0.39, 0.29) is 34.7 Å². The molecule has 1 aromatic heterocycles. The van der Waals surface area contributed by atoms with Crippen molar-refractivity contribution < 1.29 is 19.1 Å². The van der Waals surface area contributed by atoms with Gasteiger partial charge in [-0.3, -0.25) is 9.59 Å². The summed E-state index contributed by atoms with van der Waals surface area (Å²) in [5, 5.41) is 6.34. The lowest BCUT2D eigenvalue weighted by Crippen LogP contribution is -2.32. The number of hydrogen-bond acceptors (Lipinski definition) is 5.